The van der Waals surface area contributed by atoms with Crippen molar-refractivity contribution < 1.29 is 13.5 Å². The fourth-order valence-corrected chi connectivity index (χ4v) is 3.70. The molecule has 0 saturated heterocycles. The Morgan fingerprint density at radius 2 is 1.89 bits per heavy atom. The van der Waals surface area contributed by atoms with Crippen molar-refractivity contribution in [1.82, 2.24) is 9.29 Å². The SMILES string of the molecule is CCN(CC)S(=O)(=O)c1ccc(O)c2ncccc12. The van der Waals surface area contributed by atoms with Gasteiger partial charge >= 0.3 is 0 Å². The lowest BCUT2D eigenvalue weighted by Crippen LogP contribution is -2.30. The monoisotopic (exact) mass is 280 g/mol. The number of hydrogen-bond acceptors (Lipinski definition) is 4. The van der Waals surface area contributed by atoms with Crippen molar-refractivity contribution in [2.75, 3.05) is 13.1 Å². The predicted molar refractivity (Wildman–Crippen MR) is 73.5 cm³/mol. The van der Waals surface area contributed by atoms with Gasteiger partial charge in [-0.2, -0.15) is 4.31 Å². The molecule has 0 aliphatic heterocycles. The molecule has 0 aliphatic carbocycles. The van der Waals surface area contributed by atoms with Gasteiger partial charge in [-0.25, -0.2) is 8.42 Å². The first kappa shape index (κ1) is 13.8. The maximum atomic E-state index is 12.5. The Morgan fingerprint density at radius 1 is 1.21 bits per heavy atom. The molecule has 0 aliphatic rings. The highest BCUT2D eigenvalue weighted by atomic mass is 32.2. The van der Waals surface area contributed by atoms with Crippen molar-refractivity contribution in [3.8, 4) is 5.75 Å². The van der Waals surface area contributed by atoms with Crippen molar-refractivity contribution in [2.45, 2.75) is 18.7 Å². The van der Waals surface area contributed by atoms with Crippen molar-refractivity contribution in [3.05, 3.63) is 30.5 Å². The van der Waals surface area contributed by atoms with Crippen molar-refractivity contribution in [3.63, 3.8) is 0 Å². The molecule has 0 spiro atoms. The summed E-state index contributed by atoms with van der Waals surface area (Å²) in [5, 5.41) is 10.2. The molecule has 5 nitrogen and oxygen atoms in total. The van der Waals surface area contributed by atoms with Crippen LogP contribution in [-0.2, 0) is 10.0 Å². The molecule has 1 N–H and O–H groups in total. The fraction of sp³-hybridized carbons (Fsp3) is 0.308. The lowest BCUT2D eigenvalue weighted by molar-refractivity contribution is 0.445. The number of sulfonamides is 1. The number of aromatic nitrogens is 1. The number of hydrogen-bond donors (Lipinski definition) is 1. The molecule has 1 heterocycles. The number of nitrogens with zero attached hydrogens (tertiary/aromatic N) is 2. The number of rotatable bonds is 4. The lowest BCUT2D eigenvalue weighted by Gasteiger charge is -2.19. The Bertz CT molecular complexity index is 694. The Morgan fingerprint density at radius 3 is 2.53 bits per heavy atom. The zero-order valence-electron chi connectivity index (χ0n) is 10.9. The first-order valence-corrected chi connectivity index (χ1v) is 7.53. The molecule has 1 aromatic heterocycles. The second-order valence-corrected chi connectivity index (χ2v) is 5.98. The number of aromatic hydroxyl groups is 1. The molecule has 0 saturated carbocycles. The summed E-state index contributed by atoms with van der Waals surface area (Å²) in [6, 6.07) is 6.10. The van der Waals surface area contributed by atoms with Gasteiger partial charge in [0, 0.05) is 24.7 Å². The van der Waals surface area contributed by atoms with Gasteiger partial charge in [0.1, 0.15) is 11.3 Å². The topological polar surface area (TPSA) is 70.5 Å². The quantitative estimate of drug-likeness (QED) is 0.929. The van der Waals surface area contributed by atoms with Gasteiger partial charge in [0.2, 0.25) is 10.0 Å². The number of fused-ring (bicyclic) bond motifs is 1. The van der Waals surface area contributed by atoms with Crippen LogP contribution in [0.3, 0.4) is 0 Å². The highest BCUT2D eigenvalue weighted by molar-refractivity contribution is 7.89. The highest BCUT2D eigenvalue weighted by Gasteiger charge is 2.24. The largest absolute Gasteiger partial charge is 0.506 e. The molecule has 0 amide bonds. The van der Waals surface area contributed by atoms with E-state index >= 15 is 0 Å². The van der Waals surface area contributed by atoms with Crippen LogP contribution >= 0.6 is 0 Å². The van der Waals surface area contributed by atoms with E-state index in [9.17, 15) is 13.5 Å². The number of pyridine rings is 1. The zero-order valence-corrected chi connectivity index (χ0v) is 11.7. The van der Waals surface area contributed by atoms with Crippen LogP contribution in [0.25, 0.3) is 10.9 Å². The summed E-state index contributed by atoms with van der Waals surface area (Å²) < 4.78 is 26.5. The first-order valence-electron chi connectivity index (χ1n) is 6.09. The minimum atomic E-state index is -3.56. The van der Waals surface area contributed by atoms with E-state index in [4.69, 9.17) is 0 Å². The van der Waals surface area contributed by atoms with Crippen LogP contribution in [0.15, 0.2) is 35.4 Å². The molecule has 0 radical (unpaired) electrons. The molecule has 0 unspecified atom stereocenters. The predicted octanol–water partition coefficient (Wildman–Crippen LogP) is 1.97. The second-order valence-electron chi connectivity index (χ2n) is 4.07. The van der Waals surface area contributed by atoms with E-state index in [-0.39, 0.29) is 10.6 Å². The summed E-state index contributed by atoms with van der Waals surface area (Å²) in [5.41, 5.74) is 0.302. The number of phenolic OH excluding ortho intramolecular Hbond substituents is 1. The first-order chi connectivity index (χ1) is 9.02. The van der Waals surface area contributed by atoms with Crippen LogP contribution in [-0.4, -0.2) is 35.9 Å². The van der Waals surface area contributed by atoms with Gasteiger partial charge in [-0.3, -0.25) is 4.98 Å². The molecular formula is C13H16N2O3S. The normalized spacial score (nSPS) is 12.2. The third kappa shape index (κ3) is 2.29. The fourth-order valence-electron chi connectivity index (χ4n) is 2.06. The summed E-state index contributed by atoms with van der Waals surface area (Å²) >= 11 is 0. The Balaban J connectivity index is 2.74. The molecule has 0 atom stereocenters. The van der Waals surface area contributed by atoms with Gasteiger partial charge in [0.15, 0.2) is 0 Å². The number of benzene rings is 1. The molecule has 1 aromatic carbocycles. The summed E-state index contributed by atoms with van der Waals surface area (Å²) in [6.07, 6.45) is 1.52. The molecule has 6 heteroatoms. The standard InChI is InChI=1S/C13H16N2O3S/c1-3-15(4-2)19(17,18)12-8-7-11(16)13-10(12)6-5-9-14-13/h5-9,16H,3-4H2,1-2H3. The van der Waals surface area contributed by atoms with Crippen LogP contribution in [0.1, 0.15) is 13.8 Å². The Hall–Kier alpha value is -1.66. The van der Waals surface area contributed by atoms with Gasteiger partial charge in [-0.05, 0) is 24.3 Å². The van der Waals surface area contributed by atoms with Crippen LogP contribution in [0.5, 0.6) is 5.75 Å². The van der Waals surface area contributed by atoms with Gasteiger partial charge in [0.25, 0.3) is 0 Å². The average molecular weight is 280 g/mol. The van der Waals surface area contributed by atoms with Crippen LogP contribution in [0.2, 0.25) is 0 Å². The van der Waals surface area contributed by atoms with E-state index in [0.29, 0.717) is 24.0 Å². The molecular weight excluding hydrogens is 264 g/mol. The van der Waals surface area contributed by atoms with Gasteiger partial charge in [-0.15, -0.1) is 0 Å². The van der Waals surface area contributed by atoms with Gasteiger partial charge < -0.3 is 5.11 Å². The summed E-state index contributed by atoms with van der Waals surface area (Å²) in [6.45, 7) is 4.40. The van der Waals surface area contributed by atoms with E-state index in [1.54, 1.807) is 26.0 Å². The third-order valence-corrected chi connectivity index (χ3v) is 5.14. The van der Waals surface area contributed by atoms with E-state index < -0.39 is 10.0 Å². The molecule has 0 bridgehead atoms. The molecule has 0 fully saturated rings. The average Bonchev–Trinajstić information content (AvgIpc) is 2.40. The van der Waals surface area contributed by atoms with Crippen molar-refractivity contribution in [1.29, 1.82) is 0 Å². The van der Waals surface area contributed by atoms with Crippen LogP contribution in [0.4, 0.5) is 0 Å². The third-order valence-electron chi connectivity index (χ3n) is 3.03. The van der Waals surface area contributed by atoms with E-state index in [1.165, 1.54) is 22.6 Å². The van der Waals surface area contributed by atoms with Crippen molar-refractivity contribution in [2.24, 2.45) is 0 Å². The Kier molecular flexibility index (Phi) is 3.73. The molecule has 19 heavy (non-hydrogen) atoms. The summed E-state index contributed by atoms with van der Waals surface area (Å²) in [7, 11) is -3.56. The van der Waals surface area contributed by atoms with Crippen molar-refractivity contribution >= 4 is 20.9 Å². The van der Waals surface area contributed by atoms with Gasteiger partial charge in [0.05, 0.1) is 4.90 Å². The van der Waals surface area contributed by atoms with E-state index in [1.807, 2.05) is 0 Å². The van der Waals surface area contributed by atoms with E-state index in [2.05, 4.69) is 4.98 Å². The van der Waals surface area contributed by atoms with Crippen LogP contribution in [0, 0.1) is 0 Å². The minimum Gasteiger partial charge on any atom is -0.506 e. The molecule has 102 valence electrons. The Labute approximate surface area is 112 Å². The summed E-state index contributed by atoms with van der Waals surface area (Å²) in [4.78, 5) is 4.21. The summed E-state index contributed by atoms with van der Waals surface area (Å²) in [5.74, 6) is -0.0194. The van der Waals surface area contributed by atoms with E-state index in [0.717, 1.165) is 0 Å². The minimum absolute atomic E-state index is 0.0194. The highest BCUT2D eigenvalue weighted by Crippen LogP contribution is 2.30. The molecule has 2 rings (SSSR count). The number of phenols is 1. The van der Waals surface area contributed by atoms with Crippen LogP contribution < -0.4 is 0 Å². The van der Waals surface area contributed by atoms with Gasteiger partial charge in [-0.1, -0.05) is 13.8 Å². The molecule has 2 aromatic rings. The maximum Gasteiger partial charge on any atom is 0.243 e. The zero-order chi connectivity index (χ0) is 14.0. The smallest absolute Gasteiger partial charge is 0.243 e. The lowest BCUT2D eigenvalue weighted by atomic mass is 10.2. The maximum absolute atomic E-state index is 12.5. The second kappa shape index (κ2) is 5.14.